The Morgan fingerprint density at radius 1 is 1.24 bits per heavy atom. The van der Waals surface area contributed by atoms with Crippen molar-refractivity contribution in [3.8, 4) is 0 Å². The lowest BCUT2D eigenvalue weighted by molar-refractivity contribution is 0.610. The first-order chi connectivity index (χ1) is 8.25. The summed E-state index contributed by atoms with van der Waals surface area (Å²) in [5.74, 6) is 0.678. The molecule has 3 N–H and O–H groups in total. The molecule has 0 aliphatic carbocycles. The van der Waals surface area contributed by atoms with Gasteiger partial charge in [0, 0.05) is 12.7 Å². The van der Waals surface area contributed by atoms with Crippen LogP contribution in [-0.2, 0) is 6.42 Å². The maximum Gasteiger partial charge on any atom is 0.224 e. The summed E-state index contributed by atoms with van der Waals surface area (Å²) in [5.41, 5.74) is 6.18. The lowest BCUT2D eigenvalue weighted by Gasteiger charge is -2.05. The third kappa shape index (κ3) is 3.14. The van der Waals surface area contributed by atoms with Gasteiger partial charge >= 0.3 is 0 Å². The summed E-state index contributed by atoms with van der Waals surface area (Å²) in [5, 5.41) is 2.99. The van der Waals surface area contributed by atoms with E-state index < -0.39 is 0 Å². The smallest absolute Gasteiger partial charge is 0.224 e. The molecule has 1 aromatic carbocycles. The Morgan fingerprint density at radius 3 is 2.82 bits per heavy atom. The lowest BCUT2D eigenvalue weighted by Crippen LogP contribution is -2.09. The fraction of sp³-hybridized carbons (Fsp3) is 0.167. The monoisotopic (exact) mass is 232 g/mol. The second kappa shape index (κ2) is 5.25. The highest BCUT2D eigenvalue weighted by Gasteiger charge is 2.01. The van der Waals surface area contributed by atoms with Gasteiger partial charge < -0.3 is 11.1 Å². The van der Waals surface area contributed by atoms with Crippen molar-refractivity contribution in [3.05, 3.63) is 47.9 Å². The summed E-state index contributed by atoms with van der Waals surface area (Å²) in [6, 6.07) is 8.31. The van der Waals surface area contributed by atoms with E-state index in [4.69, 9.17) is 5.73 Å². The number of rotatable bonds is 4. The van der Waals surface area contributed by atoms with Crippen LogP contribution in [0.2, 0.25) is 0 Å². The van der Waals surface area contributed by atoms with Gasteiger partial charge in [-0.15, -0.1) is 0 Å². The van der Waals surface area contributed by atoms with Crippen LogP contribution in [0.25, 0.3) is 0 Å². The van der Waals surface area contributed by atoms with Gasteiger partial charge in [-0.2, -0.15) is 4.98 Å². The molecule has 4 nitrogen and oxygen atoms in total. The van der Waals surface area contributed by atoms with Crippen molar-refractivity contribution in [2.75, 3.05) is 17.6 Å². The van der Waals surface area contributed by atoms with E-state index in [1.165, 1.54) is 6.07 Å². The first-order valence-electron chi connectivity index (χ1n) is 5.31. The Labute approximate surface area is 98.7 Å². The molecule has 2 rings (SSSR count). The molecule has 17 heavy (non-hydrogen) atoms. The van der Waals surface area contributed by atoms with Gasteiger partial charge in [-0.1, -0.05) is 18.2 Å². The number of hydrogen-bond donors (Lipinski definition) is 2. The van der Waals surface area contributed by atoms with Gasteiger partial charge in [-0.25, -0.2) is 9.37 Å². The molecule has 0 bridgehead atoms. The molecule has 0 aliphatic rings. The van der Waals surface area contributed by atoms with Crippen molar-refractivity contribution in [1.82, 2.24) is 9.97 Å². The molecule has 0 fully saturated rings. The van der Waals surface area contributed by atoms with E-state index >= 15 is 0 Å². The lowest BCUT2D eigenvalue weighted by atomic mass is 10.1. The number of nitrogen functional groups attached to an aromatic ring is 1. The van der Waals surface area contributed by atoms with E-state index in [-0.39, 0.29) is 5.82 Å². The molecule has 0 atom stereocenters. The summed E-state index contributed by atoms with van der Waals surface area (Å²) in [6.07, 6.45) is 2.15. The highest BCUT2D eigenvalue weighted by molar-refractivity contribution is 5.35. The Kier molecular flexibility index (Phi) is 3.49. The molecule has 0 amide bonds. The van der Waals surface area contributed by atoms with E-state index in [1.54, 1.807) is 24.4 Å². The van der Waals surface area contributed by atoms with Gasteiger partial charge in [-0.05, 0) is 24.1 Å². The molecule has 1 heterocycles. The van der Waals surface area contributed by atoms with Crippen molar-refractivity contribution >= 4 is 11.8 Å². The van der Waals surface area contributed by atoms with Crippen molar-refractivity contribution in [2.24, 2.45) is 0 Å². The van der Waals surface area contributed by atoms with Crippen LogP contribution in [0.15, 0.2) is 36.5 Å². The normalized spacial score (nSPS) is 10.2. The Hall–Kier alpha value is -2.17. The molecule has 0 saturated heterocycles. The fourth-order valence-electron chi connectivity index (χ4n) is 1.47. The predicted molar refractivity (Wildman–Crippen MR) is 65.0 cm³/mol. The quantitative estimate of drug-likeness (QED) is 0.844. The second-order valence-corrected chi connectivity index (χ2v) is 3.57. The summed E-state index contributed by atoms with van der Waals surface area (Å²) in [4.78, 5) is 7.99. The molecule has 0 spiro atoms. The van der Waals surface area contributed by atoms with E-state index in [9.17, 15) is 4.39 Å². The zero-order chi connectivity index (χ0) is 12.1. The van der Waals surface area contributed by atoms with Gasteiger partial charge in [0.15, 0.2) is 0 Å². The van der Waals surface area contributed by atoms with Crippen molar-refractivity contribution < 1.29 is 4.39 Å². The van der Waals surface area contributed by atoms with Crippen LogP contribution in [0.4, 0.5) is 16.2 Å². The molecule has 1 aromatic heterocycles. The molecule has 5 heteroatoms. The van der Waals surface area contributed by atoms with Gasteiger partial charge in [0.25, 0.3) is 0 Å². The summed E-state index contributed by atoms with van der Waals surface area (Å²) >= 11 is 0. The number of nitrogens with two attached hydrogens (primary N) is 1. The van der Waals surface area contributed by atoms with Gasteiger partial charge in [0.2, 0.25) is 5.95 Å². The zero-order valence-corrected chi connectivity index (χ0v) is 9.23. The largest absolute Gasteiger partial charge is 0.384 e. The van der Waals surface area contributed by atoms with Crippen LogP contribution in [0.1, 0.15) is 5.56 Å². The minimum Gasteiger partial charge on any atom is -0.384 e. The number of benzene rings is 1. The first kappa shape index (κ1) is 11.3. The Morgan fingerprint density at radius 2 is 2.06 bits per heavy atom. The molecule has 88 valence electrons. The first-order valence-corrected chi connectivity index (χ1v) is 5.31. The predicted octanol–water partition coefficient (Wildman–Crippen LogP) is 1.85. The topological polar surface area (TPSA) is 63.8 Å². The molecule has 0 radical (unpaired) electrons. The Bertz CT molecular complexity index is 501. The van der Waals surface area contributed by atoms with E-state index in [0.29, 0.717) is 30.3 Å². The third-order valence-corrected chi connectivity index (χ3v) is 2.31. The van der Waals surface area contributed by atoms with Crippen molar-refractivity contribution in [3.63, 3.8) is 0 Å². The zero-order valence-electron chi connectivity index (χ0n) is 9.23. The van der Waals surface area contributed by atoms with Crippen molar-refractivity contribution in [1.29, 1.82) is 0 Å². The van der Waals surface area contributed by atoms with Crippen LogP contribution in [0.3, 0.4) is 0 Å². The summed E-state index contributed by atoms with van der Waals surface area (Å²) in [7, 11) is 0. The third-order valence-electron chi connectivity index (χ3n) is 2.31. The molecule has 0 unspecified atom stereocenters. The second-order valence-electron chi connectivity index (χ2n) is 3.57. The average Bonchev–Trinajstić information content (AvgIpc) is 2.32. The summed E-state index contributed by atoms with van der Waals surface area (Å²) < 4.78 is 13.3. The molecule has 0 saturated carbocycles. The maximum atomic E-state index is 13.3. The number of nitrogens with one attached hydrogen (secondary N) is 1. The molecular formula is C12H13FN4. The van der Waals surface area contributed by atoms with Gasteiger partial charge in [-0.3, -0.25) is 0 Å². The van der Waals surface area contributed by atoms with E-state index in [1.807, 2.05) is 6.07 Å². The minimum atomic E-state index is -0.192. The van der Waals surface area contributed by atoms with Crippen LogP contribution >= 0.6 is 0 Å². The maximum absolute atomic E-state index is 13.3. The molecule has 0 aliphatic heterocycles. The number of aromatic nitrogens is 2. The number of hydrogen-bond acceptors (Lipinski definition) is 4. The number of anilines is 2. The molecular weight excluding hydrogens is 219 g/mol. The number of nitrogens with zero attached hydrogens (tertiary/aromatic N) is 2. The fourth-order valence-corrected chi connectivity index (χ4v) is 1.47. The minimum absolute atomic E-state index is 0.192. The van der Waals surface area contributed by atoms with Crippen LogP contribution in [0, 0.1) is 5.82 Å². The van der Waals surface area contributed by atoms with E-state index in [2.05, 4.69) is 15.3 Å². The van der Waals surface area contributed by atoms with E-state index in [0.717, 1.165) is 0 Å². The van der Waals surface area contributed by atoms with Crippen LogP contribution < -0.4 is 11.1 Å². The van der Waals surface area contributed by atoms with Crippen molar-refractivity contribution in [2.45, 2.75) is 6.42 Å². The summed E-state index contributed by atoms with van der Waals surface area (Å²) in [6.45, 7) is 0.560. The van der Waals surface area contributed by atoms with Crippen LogP contribution in [-0.4, -0.2) is 16.5 Å². The molecule has 2 aromatic rings. The van der Waals surface area contributed by atoms with Gasteiger partial charge in [0.1, 0.15) is 11.6 Å². The van der Waals surface area contributed by atoms with Gasteiger partial charge in [0.05, 0.1) is 0 Å². The number of halogens is 1. The standard InChI is InChI=1S/C12H13FN4/c13-10-4-2-1-3-9(10)5-7-15-12-16-8-6-11(14)17-12/h1-4,6,8H,5,7H2,(H3,14,15,16,17). The highest BCUT2D eigenvalue weighted by atomic mass is 19.1. The highest BCUT2D eigenvalue weighted by Crippen LogP contribution is 2.07. The Balaban J connectivity index is 1.90. The SMILES string of the molecule is Nc1ccnc(NCCc2ccccc2F)n1. The van der Waals surface area contributed by atoms with Crippen LogP contribution in [0.5, 0.6) is 0 Å². The average molecular weight is 232 g/mol.